The molecule has 2 aliphatic rings. The van der Waals surface area contributed by atoms with Crippen molar-refractivity contribution in [3.05, 3.63) is 0 Å². The molecule has 1 spiro atoms. The second-order valence-corrected chi connectivity index (χ2v) is 9.10. The highest BCUT2D eigenvalue weighted by molar-refractivity contribution is 7.53. The zero-order valence-electron chi connectivity index (χ0n) is 11.2. The van der Waals surface area contributed by atoms with E-state index in [0.29, 0.717) is 0 Å². The van der Waals surface area contributed by atoms with E-state index in [-0.39, 0.29) is 19.2 Å². The maximum absolute atomic E-state index is 11.9. The van der Waals surface area contributed by atoms with Crippen LogP contribution in [0.25, 0.3) is 0 Å². The van der Waals surface area contributed by atoms with Gasteiger partial charge in [0.1, 0.15) is 25.7 Å². The molecule has 2 heterocycles. The smallest absolute Gasteiger partial charge is 0.328 e. The first kappa shape index (κ1) is 16.7. The molecule has 2 N–H and O–H groups in total. The zero-order chi connectivity index (χ0) is 15.2. The molecule has 0 saturated carbocycles. The lowest BCUT2D eigenvalue weighted by Crippen LogP contribution is -2.50. The lowest BCUT2D eigenvalue weighted by atomic mass is 9.88. The van der Waals surface area contributed by atoms with Crippen LogP contribution in [-0.2, 0) is 27.4 Å². The first-order valence-electron chi connectivity index (χ1n) is 6.00. The molecule has 8 nitrogen and oxygen atoms in total. The van der Waals surface area contributed by atoms with Gasteiger partial charge in [-0.05, 0) is 6.42 Å². The average molecular weight is 326 g/mol. The van der Waals surface area contributed by atoms with E-state index in [1.54, 1.807) is 0 Å². The Bertz CT molecular complexity index is 459. The third-order valence-electron chi connectivity index (χ3n) is 3.50. The normalized spacial score (nSPS) is 48.3. The van der Waals surface area contributed by atoms with Gasteiger partial charge in [-0.3, -0.25) is 13.7 Å². The summed E-state index contributed by atoms with van der Waals surface area (Å²) in [5, 5.41) is 10.0. The molecule has 3 unspecified atom stereocenters. The molecule has 0 aliphatic carbocycles. The molecule has 6 atom stereocenters. The molecule has 11 heteroatoms. The average Bonchev–Trinajstić information content (AvgIpc) is 2.59. The Hall–Kier alpha value is 0.285. The van der Waals surface area contributed by atoms with E-state index in [0.717, 1.165) is 0 Å². The van der Waals surface area contributed by atoms with Crippen LogP contribution in [-0.4, -0.2) is 68.2 Å². The Kier molecular flexibility index (Phi) is 4.57. The fourth-order valence-corrected chi connectivity index (χ4v) is 4.32. The third kappa shape index (κ3) is 3.21. The molecule has 2 radical (unpaired) electrons. The van der Waals surface area contributed by atoms with Gasteiger partial charge in [0.25, 0.3) is 0 Å². The fraction of sp³-hybridized carbons (Fsp3) is 1.00. The van der Waals surface area contributed by atoms with Gasteiger partial charge >= 0.3 is 15.2 Å². The zero-order valence-corrected chi connectivity index (χ0v) is 13.0. The van der Waals surface area contributed by atoms with Crippen molar-refractivity contribution in [2.24, 2.45) is 0 Å². The van der Waals surface area contributed by atoms with E-state index in [1.807, 2.05) is 0 Å². The van der Waals surface area contributed by atoms with E-state index in [4.69, 9.17) is 26.2 Å². The first-order valence-corrected chi connectivity index (χ1v) is 9.76. The Morgan fingerprint density at radius 3 is 2.70 bits per heavy atom. The molecule has 0 amide bonds. The Morgan fingerprint density at radius 2 is 2.20 bits per heavy atom. The molecule has 0 aromatic rings. The maximum atomic E-state index is 11.9. The highest BCUT2D eigenvalue weighted by Gasteiger charge is 2.58. The number of rotatable bonds is 3. The second kappa shape index (κ2) is 5.49. The fourth-order valence-electron chi connectivity index (χ4n) is 2.29. The van der Waals surface area contributed by atoms with Crippen molar-refractivity contribution in [2.75, 3.05) is 26.5 Å². The van der Waals surface area contributed by atoms with Gasteiger partial charge in [-0.15, -0.1) is 0 Å². The lowest BCUT2D eigenvalue weighted by Gasteiger charge is -2.39. The second-order valence-electron chi connectivity index (χ2n) is 5.00. The van der Waals surface area contributed by atoms with Crippen molar-refractivity contribution in [3.8, 4) is 0 Å². The minimum absolute atomic E-state index is 0.0971. The number of aliphatic hydroxyl groups is 1. The monoisotopic (exact) mass is 326 g/mol. The minimum atomic E-state index is -3.65. The van der Waals surface area contributed by atoms with Crippen molar-refractivity contribution in [2.45, 2.75) is 30.2 Å². The van der Waals surface area contributed by atoms with E-state index in [1.165, 1.54) is 13.8 Å². The van der Waals surface area contributed by atoms with Gasteiger partial charge in [-0.2, -0.15) is 0 Å². The lowest BCUT2D eigenvalue weighted by molar-refractivity contribution is -0.0992. The highest BCUT2D eigenvalue weighted by atomic mass is 31.2. The van der Waals surface area contributed by atoms with Crippen molar-refractivity contribution in [1.29, 1.82) is 0 Å². The number of hydrogen-bond acceptors (Lipinski definition) is 7. The summed E-state index contributed by atoms with van der Waals surface area (Å²) in [5.41, 5.74) is -1.21. The molecule has 0 aromatic carbocycles. The van der Waals surface area contributed by atoms with E-state index >= 15 is 0 Å². The van der Waals surface area contributed by atoms with Gasteiger partial charge in [-0.25, -0.2) is 0 Å². The van der Waals surface area contributed by atoms with Crippen molar-refractivity contribution >= 4 is 23.0 Å². The van der Waals surface area contributed by atoms with Crippen LogP contribution in [0.2, 0.25) is 0 Å². The largest absolute Gasteiger partial charge is 0.388 e. The number of aliphatic hydroxyl groups excluding tert-OH is 1. The molecule has 0 aromatic heterocycles. The van der Waals surface area contributed by atoms with Gasteiger partial charge < -0.3 is 23.8 Å². The van der Waals surface area contributed by atoms with Crippen molar-refractivity contribution < 1.29 is 37.4 Å². The quantitative estimate of drug-likeness (QED) is 0.554. The van der Waals surface area contributed by atoms with Crippen LogP contribution in [0.3, 0.4) is 0 Å². The molecular formula is C9H17BO8P2. The van der Waals surface area contributed by atoms with E-state index in [9.17, 15) is 19.1 Å². The summed E-state index contributed by atoms with van der Waals surface area (Å²) in [5.74, 6) is 0. The van der Waals surface area contributed by atoms with Crippen LogP contribution >= 0.6 is 15.2 Å². The van der Waals surface area contributed by atoms with Crippen LogP contribution in [0.4, 0.5) is 0 Å². The Balaban J connectivity index is 2.22. The molecule has 2 rings (SSSR count). The summed E-state index contributed by atoms with van der Waals surface area (Å²) in [4.78, 5) is 9.38. The molecule has 2 fully saturated rings. The van der Waals surface area contributed by atoms with Crippen molar-refractivity contribution in [1.82, 2.24) is 0 Å². The van der Waals surface area contributed by atoms with Crippen molar-refractivity contribution in [3.63, 3.8) is 0 Å². The van der Waals surface area contributed by atoms with Crippen LogP contribution < -0.4 is 0 Å². The third-order valence-corrected chi connectivity index (χ3v) is 6.10. The Morgan fingerprint density at radius 1 is 1.55 bits per heavy atom. The molecule has 2 aliphatic heterocycles. The number of hydrogen-bond donors (Lipinski definition) is 2. The SMILES string of the molecule is [B][C@@H]1O[C@]2(CCP(=O)(O)OC2)C(OP(C)(=O)OC)[C@@H]1O. The highest BCUT2D eigenvalue weighted by Crippen LogP contribution is 2.55. The van der Waals surface area contributed by atoms with Crippen LogP contribution in [0, 0.1) is 0 Å². The predicted molar refractivity (Wildman–Crippen MR) is 70.0 cm³/mol. The summed E-state index contributed by atoms with van der Waals surface area (Å²) in [6, 6.07) is -1.06. The van der Waals surface area contributed by atoms with E-state index < -0.39 is 39.0 Å². The van der Waals surface area contributed by atoms with E-state index in [2.05, 4.69) is 0 Å². The van der Waals surface area contributed by atoms with Gasteiger partial charge in [0.05, 0.1) is 12.8 Å². The van der Waals surface area contributed by atoms with Crippen LogP contribution in [0.5, 0.6) is 0 Å². The molecular weight excluding hydrogens is 309 g/mol. The minimum Gasteiger partial charge on any atom is -0.388 e. The maximum Gasteiger partial charge on any atom is 0.328 e. The van der Waals surface area contributed by atoms with Gasteiger partial charge in [0.2, 0.25) is 0 Å². The predicted octanol–water partition coefficient (Wildman–Crippen LogP) is 0.0711. The summed E-state index contributed by atoms with van der Waals surface area (Å²) >= 11 is 0. The molecule has 114 valence electrons. The standard InChI is InChI=1S/C9H17BO8P2/c1-15-19(2,12)18-7-6(11)8(10)17-9(7)3-4-20(13,14)16-5-9/h6-8,11H,3-5H2,1-2H3,(H,13,14)/t6-,7?,8+,9-,19?/m0/s1. The number of ether oxygens (including phenoxy) is 1. The Labute approximate surface area is 118 Å². The van der Waals surface area contributed by atoms with Gasteiger partial charge in [0, 0.05) is 19.8 Å². The summed E-state index contributed by atoms with van der Waals surface area (Å²) in [6.07, 6.45) is -2.36. The molecule has 0 bridgehead atoms. The topological polar surface area (TPSA) is 112 Å². The summed E-state index contributed by atoms with van der Waals surface area (Å²) < 4.78 is 43.8. The van der Waals surface area contributed by atoms with Crippen LogP contribution in [0.15, 0.2) is 0 Å². The van der Waals surface area contributed by atoms with Gasteiger partial charge in [0.15, 0.2) is 0 Å². The molecule has 20 heavy (non-hydrogen) atoms. The summed E-state index contributed by atoms with van der Waals surface area (Å²) in [7, 11) is -0.192. The molecule has 2 saturated heterocycles. The van der Waals surface area contributed by atoms with Crippen LogP contribution in [0.1, 0.15) is 6.42 Å². The van der Waals surface area contributed by atoms with Gasteiger partial charge in [-0.1, -0.05) is 0 Å². The first-order chi connectivity index (χ1) is 9.11. The summed E-state index contributed by atoms with van der Waals surface area (Å²) in [6.45, 7) is 0.970.